The number of hydrogen-bond donors (Lipinski definition) is 3. The molecular formula is C16H23ClN2O2. The minimum absolute atomic E-state index is 0. The predicted octanol–water partition coefficient (Wildman–Crippen LogP) is 2.43. The molecule has 0 spiro atoms. The minimum atomic E-state index is -0.298. The third kappa shape index (κ3) is 6.31. The van der Waals surface area contributed by atoms with Gasteiger partial charge in [0.1, 0.15) is 11.5 Å². The lowest BCUT2D eigenvalue weighted by Crippen LogP contribution is -2.31. The Morgan fingerprint density at radius 1 is 1.05 bits per heavy atom. The zero-order chi connectivity index (χ0) is 14.2. The molecule has 3 N–H and O–H groups in total. The average molecular weight is 311 g/mol. The van der Waals surface area contributed by atoms with Gasteiger partial charge in [0.05, 0.1) is 12.6 Å². The van der Waals surface area contributed by atoms with Crippen LogP contribution in [-0.2, 0) is 6.54 Å². The summed E-state index contributed by atoms with van der Waals surface area (Å²) in [4.78, 5) is 0. The van der Waals surface area contributed by atoms with E-state index in [-0.39, 0.29) is 18.5 Å². The van der Waals surface area contributed by atoms with Crippen molar-refractivity contribution in [1.29, 1.82) is 0 Å². The number of furan rings is 1. The van der Waals surface area contributed by atoms with Gasteiger partial charge in [0.2, 0.25) is 0 Å². The van der Waals surface area contributed by atoms with E-state index in [1.54, 1.807) is 6.92 Å². The van der Waals surface area contributed by atoms with Gasteiger partial charge in [-0.3, -0.25) is 0 Å². The first-order valence-electron chi connectivity index (χ1n) is 6.99. The van der Waals surface area contributed by atoms with Gasteiger partial charge in [0.15, 0.2) is 0 Å². The van der Waals surface area contributed by atoms with Crippen molar-refractivity contribution in [3.8, 4) is 11.3 Å². The van der Waals surface area contributed by atoms with Crippen molar-refractivity contribution < 1.29 is 9.52 Å². The molecule has 0 saturated heterocycles. The number of benzene rings is 1. The molecule has 0 bridgehead atoms. The molecule has 1 unspecified atom stereocenters. The highest BCUT2D eigenvalue weighted by Gasteiger charge is 2.03. The van der Waals surface area contributed by atoms with Crippen LogP contribution in [0.3, 0.4) is 0 Å². The summed E-state index contributed by atoms with van der Waals surface area (Å²) < 4.78 is 5.79. The maximum atomic E-state index is 9.10. The van der Waals surface area contributed by atoms with Crippen LogP contribution in [0.4, 0.5) is 0 Å². The van der Waals surface area contributed by atoms with Crippen molar-refractivity contribution >= 4 is 12.4 Å². The van der Waals surface area contributed by atoms with Gasteiger partial charge < -0.3 is 20.2 Å². The van der Waals surface area contributed by atoms with Crippen molar-refractivity contribution in [1.82, 2.24) is 10.6 Å². The monoisotopic (exact) mass is 310 g/mol. The molecule has 0 aliphatic heterocycles. The fraction of sp³-hybridized carbons (Fsp3) is 0.375. The third-order valence-electron chi connectivity index (χ3n) is 2.94. The van der Waals surface area contributed by atoms with Gasteiger partial charge >= 0.3 is 0 Å². The Labute approximate surface area is 132 Å². The molecule has 0 amide bonds. The van der Waals surface area contributed by atoms with E-state index in [0.717, 1.165) is 30.2 Å². The van der Waals surface area contributed by atoms with Crippen molar-refractivity contribution in [3.05, 3.63) is 48.2 Å². The van der Waals surface area contributed by atoms with E-state index in [1.807, 2.05) is 42.5 Å². The van der Waals surface area contributed by atoms with Crippen LogP contribution < -0.4 is 10.6 Å². The Hall–Kier alpha value is -1.33. The van der Waals surface area contributed by atoms with Crippen molar-refractivity contribution in [2.45, 2.75) is 19.6 Å². The van der Waals surface area contributed by atoms with E-state index < -0.39 is 0 Å². The smallest absolute Gasteiger partial charge is 0.134 e. The van der Waals surface area contributed by atoms with Crippen LogP contribution in [0.15, 0.2) is 46.9 Å². The largest absolute Gasteiger partial charge is 0.460 e. The van der Waals surface area contributed by atoms with E-state index in [9.17, 15) is 0 Å². The molecule has 0 aliphatic rings. The maximum Gasteiger partial charge on any atom is 0.134 e. The molecule has 116 valence electrons. The SMILES string of the molecule is CC(O)CNCCNCc1ccc(-c2ccccc2)o1.Cl. The Kier molecular flexibility index (Phi) is 8.08. The normalized spacial score (nSPS) is 11.9. The highest BCUT2D eigenvalue weighted by atomic mass is 35.5. The molecule has 0 fully saturated rings. The Morgan fingerprint density at radius 3 is 2.48 bits per heavy atom. The number of halogens is 1. The van der Waals surface area contributed by atoms with Crippen LogP contribution >= 0.6 is 12.4 Å². The molecule has 1 aromatic heterocycles. The number of aliphatic hydroxyl groups is 1. The molecule has 2 aromatic rings. The molecular weight excluding hydrogens is 288 g/mol. The van der Waals surface area contributed by atoms with Crippen LogP contribution in [0.5, 0.6) is 0 Å². The van der Waals surface area contributed by atoms with Crippen molar-refractivity contribution in [3.63, 3.8) is 0 Å². The van der Waals surface area contributed by atoms with Crippen LogP contribution in [0.25, 0.3) is 11.3 Å². The molecule has 1 atom stereocenters. The number of rotatable bonds is 8. The first kappa shape index (κ1) is 17.7. The molecule has 5 heteroatoms. The zero-order valence-electron chi connectivity index (χ0n) is 12.2. The second kappa shape index (κ2) is 9.58. The molecule has 1 heterocycles. The highest BCUT2D eigenvalue weighted by Crippen LogP contribution is 2.21. The summed E-state index contributed by atoms with van der Waals surface area (Å²) in [5, 5.41) is 15.6. The van der Waals surface area contributed by atoms with Crippen molar-refractivity contribution in [2.24, 2.45) is 0 Å². The summed E-state index contributed by atoms with van der Waals surface area (Å²) in [6.45, 7) is 4.78. The first-order valence-corrected chi connectivity index (χ1v) is 6.99. The topological polar surface area (TPSA) is 57.4 Å². The third-order valence-corrected chi connectivity index (χ3v) is 2.94. The number of aliphatic hydroxyl groups excluding tert-OH is 1. The lowest BCUT2D eigenvalue weighted by Gasteiger charge is -2.07. The lowest BCUT2D eigenvalue weighted by molar-refractivity contribution is 0.191. The van der Waals surface area contributed by atoms with E-state index in [1.165, 1.54) is 0 Å². The zero-order valence-corrected chi connectivity index (χ0v) is 13.0. The summed E-state index contributed by atoms with van der Waals surface area (Å²) in [7, 11) is 0. The van der Waals surface area contributed by atoms with Gasteiger partial charge in [-0.25, -0.2) is 0 Å². The second-order valence-electron chi connectivity index (χ2n) is 4.86. The van der Waals surface area contributed by atoms with Crippen LogP contribution in [0.2, 0.25) is 0 Å². The summed E-state index contributed by atoms with van der Waals surface area (Å²) in [6, 6.07) is 14.1. The quantitative estimate of drug-likeness (QED) is 0.656. The molecule has 0 radical (unpaired) electrons. The predicted molar refractivity (Wildman–Crippen MR) is 87.6 cm³/mol. The van der Waals surface area contributed by atoms with Gasteiger partial charge in [0, 0.05) is 25.2 Å². The standard InChI is InChI=1S/C16H22N2O2.ClH/c1-13(19)11-17-9-10-18-12-15-7-8-16(20-15)14-5-3-2-4-6-14;/h2-8,13,17-19H,9-12H2,1H3;1H. The van der Waals surface area contributed by atoms with Crippen LogP contribution in [-0.4, -0.2) is 30.8 Å². The molecule has 2 rings (SSSR count). The van der Waals surface area contributed by atoms with E-state index in [4.69, 9.17) is 9.52 Å². The molecule has 21 heavy (non-hydrogen) atoms. The second-order valence-corrected chi connectivity index (χ2v) is 4.86. The first-order chi connectivity index (χ1) is 9.75. The lowest BCUT2D eigenvalue weighted by atomic mass is 10.2. The van der Waals surface area contributed by atoms with Gasteiger partial charge in [-0.15, -0.1) is 12.4 Å². The number of hydrogen-bond acceptors (Lipinski definition) is 4. The molecule has 4 nitrogen and oxygen atoms in total. The fourth-order valence-electron chi connectivity index (χ4n) is 1.93. The summed E-state index contributed by atoms with van der Waals surface area (Å²) >= 11 is 0. The van der Waals surface area contributed by atoms with Gasteiger partial charge in [0.25, 0.3) is 0 Å². The van der Waals surface area contributed by atoms with E-state index in [2.05, 4.69) is 10.6 Å². The van der Waals surface area contributed by atoms with Crippen LogP contribution in [0.1, 0.15) is 12.7 Å². The Bertz CT molecular complexity index is 500. The Balaban J connectivity index is 0.00000220. The van der Waals surface area contributed by atoms with E-state index in [0.29, 0.717) is 13.1 Å². The maximum absolute atomic E-state index is 9.10. The van der Waals surface area contributed by atoms with Gasteiger partial charge in [-0.1, -0.05) is 30.3 Å². The summed E-state index contributed by atoms with van der Waals surface area (Å²) in [6.07, 6.45) is -0.298. The molecule has 0 saturated carbocycles. The highest BCUT2D eigenvalue weighted by molar-refractivity contribution is 5.85. The summed E-state index contributed by atoms with van der Waals surface area (Å²) in [5.74, 6) is 1.83. The number of nitrogens with one attached hydrogen (secondary N) is 2. The van der Waals surface area contributed by atoms with Crippen molar-refractivity contribution in [2.75, 3.05) is 19.6 Å². The Morgan fingerprint density at radius 2 is 1.76 bits per heavy atom. The molecule has 0 aliphatic carbocycles. The molecule has 1 aromatic carbocycles. The minimum Gasteiger partial charge on any atom is -0.460 e. The fourth-order valence-corrected chi connectivity index (χ4v) is 1.93. The average Bonchev–Trinajstić information content (AvgIpc) is 2.92. The van der Waals surface area contributed by atoms with E-state index >= 15 is 0 Å². The summed E-state index contributed by atoms with van der Waals surface area (Å²) in [5.41, 5.74) is 1.09. The van der Waals surface area contributed by atoms with Gasteiger partial charge in [-0.2, -0.15) is 0 Å². The van der Waals surface area contributed by atoms with Crippen LogP contribution in [0, 0.1) is 0 Å². The van der Waals surface area contributed by atoms with Gasteiger partial charge in [-0.05, 0) is 19.1 Å².